The predicted molar refractivity (Wildman–Crippen MR) is 165 cm³/mol. The van der Waals surface area contributed by atoms with Gasteiger partial charge in [-0.3, -0.25) is 9.10 Å². The molecule has 0 spiro atoms. The van der Waals surface area contributed by atoms with Gasteiger partial charge < -0.3 is 4.57 Å². The van der Waals surface area contributed by atoms with E-state index in [4.69, 9.17) is 23.2 Å². The van der Waals surface area contributed by atoms with Crippen LogP contribution in [-0.2, 0) is 14.8 Å². The van der Waals surface area contributed by atoms with E-state index in [0.29, 0.717) is 15.7 Å². The highest BCUT2D eigenvalue weighted by atomic mass is 35.5. The van der Waals surface area contributed by atoms with E-state index in [0.717, 1.165) is 37.4 Å². The predicted octanol–water partition coefficient (Wildman–Crippen LogP) is 6.78. The lowest BCUT2D eigenvalue weighted by atomic mass is 10.2. The van der Waals surface area contributed by atoms with Gasteiger partial charge in [0.2, 0.25) is 0 Å². The summed E-state index contributed by atoms with van der Waals surface area (Å²) in [4.78, 5) is 14.0. The summed E-state index contributed by atoms with van der Waals surface area (Å²) >= 11 is 14.1. The zero-order valence-electron chi connectivity index (χ0n) is 22.4. The molecule has 0 atom stereocenters. The zero-order chi connectivity index (χ0) is 29.0. The van der Waals surface area contributed by atoms with Crippen LogP contribution >= 0.6 is 35.0 Å². The number of sulfonamides is 1. The topological polar surface area (TPSA) is 83.8 Å². The number of aryl methyl sites for hydroxylation is 2. The number of hydrogen-bond donors (Lipinski definition) is 1. The molecule has 208 valence electrons. The fraction of sp³-hybridized carbons (Fsp3) is 0.172. The molecule has 4 rings (SSSR count). The van der Waals surface area contributed by atoms with Crippen LogP contribution in [0, 0.1) is 20.8 Å². The Bertz CT molecular complexity index is 1670. The highest BCUT2D eigenvalue weighted by Gasteiger charge is 2.27. The molecule has 0 saturated carbocycles. The second kappa shape index (κ2) is 12.5. The number of nitrogens with one attached hydrogen (secondary N) is 1. The Morgan fingerprint density at radius 1 is 1.00 bits per heavy atom. The third-order valence-electron chi connectivity index (χ3n) is 6.27. The molecule has 40 heavy (non-hydrogen) atoms. The Hall–Kier alpha value is -3.24. The second-order valence-electron chi connectivity index (χ2n) is 9.07. The highest BCUT2D eigenvalue weighted by Crippen LogP contribution is 2.29. The number of thioether (sulfide) groups is 1. The van der Waals surface area contributed by atoms with Crippen LogP contribution in [0.1, 0.15) is 22.5 Å². The van der Waals surface area contributed by atoms with E-state index in [1.165, 1.54) is 18.0 Å². The number of anilines is 1. The number of hydrogen-bond acceptors (Lipinski definition) is 5. The number of aromatic nitrogens is 1. The number of benzene rings is 3. The lowest BCUT2D eigenvalue weighted by molar-refractivity contribution is -0.119. The molecule has 0 fully saturated rings. The van der Waals surface area contributed by atoms with E-state index in [9.17, 15) is 13.2 Å². The van der Waals surface area contributed by atoms with Gasteiger partial charge in [-0.2, -0.15) is 5.10 Å². The van der Waals surface area contributed by atoms with Crippen LogP contribution in [0.3, 0.4) is 0 Å². The molecule has 4 aromatic rings. The summed E-state index contributed by atoms with van der Waals surface area (Å²) in [6.45, 7) is 5.28. The van der Waals surface area contributed by atoms with Crippen LogP contribution in [0.15, 0.2) is 87.7 Å². The summed E-state index contributed by atoms with van der Waals surface area (Å²) in [5.41, 5.74) is 7.04. The molecular weight excluding hydrogens is 587 g/mol. The molecule has 7 nitrogen and oxygen atoms in total. The number of halogens is 2. The Labute approximate surface area is 248 Å². The number of hydrazone groups is 1. The summed E-state index contributed by atoms with van der Waals surface area (Å²) in [5.74, 6) is -0.590. The highest BCUT2D eigenvalue weighted by molar-refractivity contribution is 7.98. The third kappa shape index (κ3) is 6.55. The molecule has 11 heteroatoms. The van der Waals surface area contributed by atoms with E-state index < -0.39 is 22.5 Å². The largest absolute Gasteiger partial charge is 0.316 e. The Morgan fingerprint density at radius 3 is 2.33 bits per heavy atom. The maximum atomic E-state index is 13.6. The van der Waals surface area contributed by atoms with Gasteiger partial charge in [-0.25, -0.2) is 13.8 Å². The molecule has 0 unspecified atom stereocenters. The number of carbonyl (C=O) groups excluding carboxylic acids is 1. The van der Waals surface area contributed by atoms with Crippen LogP contribution in [0.5, 0.6) is 0 Å². The molecular formula is C29H28Cl2N4O3S2. The number of nitrogens with zero attached hydrogens (tertiary/aromatic N) is 3. The van der Waals surface area contributed by atoms with Crippen LogP contribution < -0.4 is 9.73 Å². The molecule has 0 bridgehead atoms. The smallest absolute Gasteiger partial charge is 0.264 e. The van der Waals surface area contributed by atoms with E-state index in [-0.39, 0.29) is 4.90 Å². The third-order valence-corrected chi connectivity index (χ3v) is 9.36. The summed E-state index contributed by atoms with van der Waals surface area (Å²) in [7, 11) is -4.03. The van der Waals surface area contributed by atoms with E-state index in [2.05, 4.69) is 10.5 Å². The van der Waals surface area contributed by atoms with Crippen molar-refractivity contribution in [3.63, 3.8) is 0 Å². The zero-order valence-corrected chi connectivity index (χ0v) is 25.5. The van der Waals surface area contributed by atoms with Gasteiger partial charge in [-0.05, 0) is 87.7 Å². The van der Waals surface area contributed by atoms with Crippen molar-refractivity contribution in [2.24, 2.45) is 5.10 Å². The maximum Gasteiger partial charge on any atom is 0.264 e. The molecule has 1 heterocycles. The number of amides is 1. The van der Waals surface area contributed by atoms with Crippen LogP contribution in [-0.4, -0.2) is 37.9 Å². The minimum atomic E-state index is -4.03. The van der Waals surface area contributed by atoms with E-state index in [1.54, 1.807) is 66.7 Å². The quantitative estimate of drug-likeness (QED) is 0.128. The summed E-state index contributed by atoms with van der Waals surface area (Å²) in [6.07, 6.45) is 3.43. The maximum absolute atomic E-state index is 13.6. The molecule has 0 radical (unpaired) electrons. The van der Waals surface area contributed by atoms with Crippen molar-refractivity contribution >= 4 is 62.8 Å². The fourth-order valence-corrected chi connectivity index (χ4v) is 6.38. The Morgan fingerprint density at radius 2 is 1.68 bits per heavy atom. The Balaban J connectivity index is 1.56. The van der Waals surface area contributed by atoms with Gasteiger partial charge in [0.05, 0.1) is 27.5 Å². The monoisotopic (exact) mass is 614 g/mol. The number of carbonyl (C=O) groups is 1. The van der Waals surface area contributed by atoms with Gasteiger partial charge in [0.25, 0.3) is 15.9 Å². The van der Waals surface area contributed by atoms with Crippen molar-refractivity contribution in [3.05, 3.63) is 105 Å². The normalized spacial score (nSPS) is 11.7. The van der Waals surface area contributed by atoms with Gasteiger partial charge in [0.1, 0.15) is 6.54 Å². The second-order valence-corrected chi connectivity index (χ2v) is 12.7. The molecule has 0 aliphatic heterocycles. The van der Waals surface area contributed by atoms with Gasteiger partial charge in [0, 0.05) is 26.9 Å². The van der Waals surface area contributed by atoms with Crippen LogP contribution in [0.4, 0.5) is 5.69 Å². The molecule has 3 aromatic carbocycles. The first-order chi connectivity index (χ1) is 19.0. The van der Waals surface area contributed by atoms with E-state index >= 15 is 0 Å². The van der Waals surface area contributed by atoms with Crippen LogP contribution in [0.2, 0.25) is 10.0 Å². The van der Waals surface area contributed by atoms with Crippen molar-refractivity contribution in [2.75, 3.05) is 17.1 Å². The SMILES string of the molecule is CSc1ccc(S(=O)(=O)N(CC(=O)N/N=C/c2cc(C)n(-c3cc(Cl)ccc3Cl)c2C)c2ccc(C)cc2)cc1. The van der Waals surface area contributed by atoms with Crippen molar-refractivity contribution < 1.29 is 13.2 Å². The molecule has 0 saturated heterocycles. The molecule has 0 aliphatic rings. The Kier molecular flexibility index (Phi) is 9.30. The minimum absolute atomic E-state index is 0.0919. The standard InChI is InChI=1S/C29H28Cl2N4O3S2/c1-19-5-8-24(9-6-19)34(40(37,38)26-12-10-25(39-4)11-13-26)18-29(36)33-32-17-22-15-20(2)35(21(22)3)28-16-23(30)7-14-27(28)31/h5-17H,18H2,1-4H3,(H,33,36)/b32-17+. The molecule has 1 aromatic heterocycles. The molecule has 1 amide bonds. The van der Waals surface area contributed by atoms with Crippen molar-refractivity contribution in [1.29, 1.82) is 0 Å². The summed E-state index contributed by atoms with van der Waals surface area (Å²) in [6, 6.07) is 20.6. The number of rotatable bonds is 9. The first-order valence-corrected chi connectivity index (χ1v) is 15.6. The first-order valence-electron chi connectivity index (χ1n) is 12.2. The first kappa shape index (κ1) is 29.7. The molecule has 1 N–H and O–H groups in total. The summed E-state index contributed by atoms with van der Waals surface area (Å²) in [5, 5.41) is 5.21. The van der Waals surface area contributed by atoms with Crippen LogP contribution in [0.25, 0.3) is 5.69 Å². The van der Waals surface area contributed by atoms with Crippen molar-refractivity contribution in [2.45, 2.75) is 30.6 Å². The van der Waals surface area contributed by atoms with Gasteiger partial charge in [-0.1, -0.05) is 40.9 Å². The van der Waals surface area contributed by atoms with Gasteiger partial charge in [-0.15, -0.1) is 11.8 Å². The average Bonchev–Trinajstić information content (AvgIpc) is 3.21. The van der Waals surface area contributed by atoms with Crippen molar-refractivity contribution in [1.82, 2.24) is 9.99 Å². The minimum Gasteiger partial charge on any atom is -0.316 e. The molecule has 0 aliphatic carbocycles. The van der Waals surface area contributed by atoms with E-state index in [1.807, 2.05) is 37.7 Å². The fourth-order valence-electron chi connectivity index (χ4n) is 4.19. The lowest BCUT2D eigenvalue weighted by Crippen LogP contribution is -2.39. The summed E-state index contributed by atoms with van der Waals surface area (Å²) < 4.78 is 30.2. The average molecular weight is 616 g/mol. The van der Waals surface area contributed by atoms with Crippen molar-refractivity contribution in [3.8, 4) is 5.69 Å². The lowest BCUT2D eigenvalue weighted by Gasteiger charge is -2.24. The van der Waals surface area contributed by atoms with Gasteiger partial charge in [0.15, 0.2) is 0 Å². The van der Waals surface area contributed by atoms with Gasteiger partial charge >= 0.3 is 0 Å².